The van der Waals surface area contributed by atoms with Crippen molar-refractivity contribution in [3.63, 3.8) is 0 Å². The van der Waals surface area contributed by atoms with Crippen molar-refractivity contribution in [3.05, 3.63) is 0 Å². The van der Waals surface area contributed by atoms with Gasteiger partial charge in [-0.25, -0.2) is 0 Å². The molecule has 0 saturated heterocycles. The predicted octanol–water partition coefficient (Wildman–Crippen LogP) is 2.68. The Bertz CT molecular complexity index is 100. The highest BCUT2D eigenvalue weighted by Crippen LogP contribution is 2.22. The maximum Gasteiger partial charge on any atom is 0.0785 e. The number of nitriles is 1. The molecule has 0 N–H and O–H groups in total. The van der Waals surface area contributed by atoms with E-state index in [0.29, 0.717) is 13.1 Å². The third-order valence-electron chi connectivity index (χ3n) is 1.79. The average Bonchev–Trinajstić information content (AvgIpc) is 2.10. The summed E-state index contributed by atoms with van der Waals surface area (Å²) in [6.45, 7) is 0. The van der Waals surface area contributed by atoms with Crippen molar-refractivity contribution in [1.29, 1.82) is 5.26 Å². The van der Waals surface area contributed by atoms with E-state index in [1.54, 1.807) is 0 Å². The van der Waals surface area contributed by atoms with Gasteiger partial charge in [0, 0.05) is 5.92 Å². The van der Waals surface area contributed by atoms with Crippen LogP contribution in [0.3, 0.4) is 0 Å². The lowest BCUT2D eigenvalue weighted by Gasteiger charge is -2.13. The normalized spacial score (nSPS) is 18.5. The Balaban J connectivity index is 0.000000371. The van der Waals surface area contributed by atoms with Crippen LogP contribution in [0.25, 0.3) is 0 Å². The molecule has 1 fully saturated rings. The zero-order valence-corrected chi connectivity index (χ0v) is 6.44. The van der Waals surface area contributed by atoms with E-state index >= 15 is 0 Å². The van der Waals surface area contributed by atoms with Gasteiger partial charge in [0.15, 0.2) is 0 Å². The van der Waals surface area contributed by atoms with Crippen LogP contribution in [0.15, 0.2) is 0 Å². The lowest BCUT2D eigenvalue weighted by Crippen LogP contribution is -2.02. The standard InChI is InChI=1S/C7H11N.CH3F/c8-6-7-4-2-1-3-5-7;1-2/h7H,1-5H2;1H3. The van der Waals surface area contributed by atoms with Crippen LogP contribution in [0.2, 0.25) is 0 Å². The van der Waals surface area contributed by atoms with Crippen LogP contribution in [0, 0.1) is 17.2 Å². The Kier molecular flexibility index (Phi) is 6.16. The van der Waals surface area contributed by atoms with Crippen LogP contribution in [-0.4, -0.2) is 7.18 Å². The highest BCUT2D eigenvalue weighted by molar-refractivity contribution is 4.84. The molecule has 0 unspecified atom stereocenters. The van der Waals surface area contributed by atoms with Crippen molar-refractivity contribution < 1.29 is 4.39 Å². The summed E-state index contributed by atoms with van der Waals surface area (Å²) in [4.78, 5) is 0. The molecule has 10 heavy (non-hydrogen) atoms. The van der Waals surface area contributed by atoms with Crippen LogP contribution in [0.5, 0.6) is 0 Å². The van der Waals surface area contributed by atoms with Crippen molar-refractivity contribution in [2.75, 3.05) is 7.18 Å². The Morgan fingerprint density at radius 2 is 1.70 bits per heavy atom. The van der Waals surface area contributed by atoms with Gasteiger partial charge in [0.1, 0.15) is 0 Å². The molecule has 0 radical (unpaired) electrons. The topological polar surface area (TPSA) is 23.8 Å². The van der Waals surface area contributed by atoms with E-state index in [-0.39, 0.29) is 0 Å². The van der Waals surface area contributed by atoms with Crippen molar-refractivity contribution in [2.45, 2.75) is 32.1 Å². The van der Waals surface area contributed by atoms with Gasteiger partial charge in [-0.15, -0.1) is 0 Å². The number of alkyl halides is 1. The lowest BCUT2D eigenvalue weighted by atomic mass is 9.91. The van der Waals surface area contributed by atoms with Gasteiger partial charge in [-0.2, -0.15) is 5.26 Å². The fraction of sp³-hybridized carbons (Fsp3) is 0.875. The highest BCUT2D eigenvalue weighted by atomic mass is 19.1. The van der Waals surface area contributed by atoms with Gasteiger partial charge in [-0.1, -0.05) is 19.3 Å². The summed E-state index contributed by atoms with van der Waals surface area (Å²) >= 11 is 0. The second-order valence-corrected chi connectivity index (χ2v) is 2.46. The summed E-state index contributed by atoms with van der Waals surface area (Å²) in [6.07, 6.45) is 6.20. The molecule has 1 aliphatic rings. The zero-order valence-electron chi connectivity index (χ0n) is 6.44. The Morgan fingerprint density at radius 3 is 2.00 bits per heavy atom. The van der Waals surface area contributed by atoms with Crippen LogP contribution in [0.4, 0.5) is 4.39 Å². The first-order chi connectivity index (χ1) is 4.93. The van der Waals surface area contributed by atoms with E-state index in [1.807, 2.05) is 0 Å². The van der Waals surface area contributed by atoms with Gasteiger partial charge in [0.2, 0.25) is 0 Å². The number of rotatable bonds is 0. The predicted molar refractivity (Wildman–Crippen MR) is 39.2 cm³/mol. The number of halogens is 1. The molecule has 0 bridgehead atoms. The van der Waals surface area contributed by atoms with Crippen molar-refractivity contribution in [2.24, 2.45) is 5.92 Å². The summed E-state index contributed by atoms with van der Waals surface area (Å²) in [5.74, 6) is 0.392. The zero-order chi connectivity index (χ0) is 7.82. The quantitative estimate of drug-likeness (QED) is 0.511. The second kappa shape index (κ2) is 6.54. The molecule has 0 atom stereocenters. The molecule has 0 aromatic rings. The first-order valence-corrected chi connectivity index (χ1v) is 3.71. The Hall–Kier alpha value is -0.580. The first-order valence-electron chi connectivity index (χ1n) is 3.71. The summed E-state index contributed by atoms with van der Waals surface area (Å²) < 4.78 is 9.50. The van der Waals surface area contributed by atoms with Crippen molar-refractivity contribution >= 4 is 0 Å². The molecule has 58 valence electrons. The molecular formula is C8H14FN. The molecule has 1 nitrogen and oxygen atoms in total. The van der Waals surface area contributed by atoms with Crippen molar-refractivity contribution in [1.82, 2.24) is 0 Å². The minimum atomic E-state index is 0.392. The van der Waals surface area contributed by atoms with Crippen LogP contribution >= 0.6 is 0 Å². The third kappa shape index (κ3) is 3.45. The highest BCUT2D eigenvalue weighted by Gasteiger charge is 2.10. The minimum Gasteiger partial charge on any atom is -0.255 e. The first kappa shape index (κ1) is 9.42. The molecule has 0 heterocycles. The second-order valence-electron chi connectivity index (χ2n) is 2.46. The van der Waals surface area contributed by atoms with Crippen molar-refractivity contribution in [3.8, 4) is 6.07 Å². The van der Waals surface area contributed by atoms with Gasteiger partial charge in [-0.3, -0.25) is 4.39 Å². The Morgan fingerprint density at radius 1 is 1.20 bits per heavy atom. The molecule has 0 spiro atoms. The summed E-state index contributed by atoms with van der Waals surface area (Å²) in [7, 11) is 0.500. The maximum atomic E-state index is 9.50. The number of nitrogens with zero attached hydrogens (tertiary/aromatic N) is 1. The third-order valence-corrected chi connectivity index (χ3v) is 1.79. The summed E-state index contributed by atoms with van der Waals surface area (Å²) in [6, 6.07) is 2.30. The van der Waals surface area contributed by atoms with Gasteiger partial charge >= 0.3 is 0 Å². The Labute approximate surface area is 61.9 Å². The molecule has 0 aromatic carbocycles. The van der Waals surface area contributed by atoms with Crippen LogP contribution in [0.1, 0.15) is 32.1 Å². The van der Waals surface area contributed by atoms with E-state index in [0.717, 1.165) is 12.8 Å². The van der Waals surface area contributed by atoms with E-state index < -0.39 is 0 Å². The molecule has 1 rings (SSSR count). The molecule has 0 amide bonds. The molecule has 2 heteroatoms. The van der Waals surface area contributed by atoms with E-state index in [9.17, 15) is 4.39 Å². The molecule has 0 aliphatic heterocycles. The van der Waals surface area contributed by atoms with Gasteiger partial charge in [0.05, 0.1) is 13.2 Å². The average molecular weight is 143 g/mol. The number of hydrogen-bond acceptors (Lipinski definition) is 1. The fourth-order valence-corrected chi connectivity index (χ4v) is 1.23. The largest absolute Gasteiger partial charge is 0.255 e. The van der Waals surface area contributed by atoms with E-state index in [2.05, 4.69) is 6.07 Å². The van der Waals surface area contributed by atoms with Gasteiger partial charge in [-0.05, 0) is 12.8 Å². The molecule has 1 saturated carbocycles. The van der Waals surface area contributed by atoms with Gasteiger partial charge < -0.3 is 0 Å². The van der Waals surface area contributed by atoms with Crippen LogP contribution < -0.4 is 0 Å². The minimum absolute atomic E-state index is 0.392. The monoisotopic (exact) mass is 143 g/mol. The van der Waals surface area contributed by atoms with E-state index in [4.69, 9.17) is 5.26 Å². The molecule has 0 aromatic heterocycles. The fourth-order valence-electron chi connectivity index (χ4n) is 1.23. The summed E-state index contributed by atoms with van der Waals surface area (Å²) in [5.41, 5.74) is 0. The SMILES string of the molecule is CF.N#CC1CCCCC1. The smallest absolute Gasteiger partial charge is 0.0785 e. The van der Waals surface area contributed by atoms with E-state index in [1.165, 1.54) is 19.3 Å². The lowest BCUT2D eigenvalue weighted by molar-refractivity contribution is 0.427. The molecular weight excluding hydrogens is 129 g/mol. The van der Waals surface area contributed by atoms with Gasteiger partial charge in [0.25, 0.3) is 0 Å². The maximum absolute atomic E-state index is 9.50. The van der Waals surface area contributed by atoms with Crippen LogP contribution in [-0.2, 0) is 0 Å². The summed E-state index contributed by atoms with van der Waals surface area (Å²) in [5, 5.41) is 8.44. The number of hydrogen-bond donors (Lipinski definition) is 0. The molecule has 1 aliphatic carbocycles.